The Morgan fingerprint density at radius 3 is 2.73 bits per heavy atom. The van der Waals surface area contributed by atoms with Crippen LogP contribution in [-0.4, -0.2) is 14.4 Å². The van der Waals surface area contributed by atoms with Gasteiger partial charge in [0.25, 0.3) is 0 Å². The second-order valence-electron chi connectivity index (χ2n) is 2.65. The number of hydrogen-bond donors (Lipinski definition) is 0. The molecule has 0 fully saturated rings. The van der Waals surface area contributed by atoms with Gasteiger partial charge in [-0.25, -0.2) is 9.97 Å². The van der Waals surface area contributed by atoms with E-state index in [0.29, 0.717) is 0 Å². The summed E-state index contributed by atoms with van der Waals surface area (Å²) in [4.78, 5) is 8.30. The molecule has 0 unspecified atom stereocenters. The van der Waals surface area contributed by atoms with Crippen molar-refractivity contribution >= 4 is 5.52 Å². The molecule has 3 heteroatoms. The molecule has 0 aromatic carbocycles. The van der Waals surface area contributed by atoms with Gasteiger partial charge in [-0.15, -0.1) is 0 Å². The van der Waals surface area contributed by atoms with Gasteiger partial charge >= 0.3 is 0 Å². The van der Waals surface area contributed by atoms with Crippen LogP contribution in [0, 0.1) is 13.8 Å². The molecular weight excluding hydrogens is 138 g/mol. The Morgan fingerprint density at radius 2 is 1.91 bits per heavy atom. The van der Waals surface area contributed by atoms with Crippen molar-refractivity contribution in [3.63, 3.8) is 0 Å². The average molecular weight is 147 g/mol. The highest BCUT2D eigenvalue weighted by Gasteiger charge is 1.97. The Balaban J connectivity index is 2.87. The minimum Gasteiger partial charge on any atom is -0.289 e. The van der Waals surface area contributed by atoms with E-state index in [4.69, 9.17) is 0 Å². The first-order chi connectivity index (χ1) is 5.27. The summed E-state index contributed by atoms with van der Waals surface area (Å²) in [5.41, 5.74) is 3.22. The molecule has 56 valence electrons. The molecule has 0 N–H and O–H groups in total. The van der Waals surface area contributed by atoms with Gasteiger partial charge < -0.3 is 0 Å². The molecule has 0 saturated carbocycles. The summed E-state index contributed by atoms with van der Waals surface area (Å²) in [6.45, 7) is 3.97. The zero-order chi connectivity index (χ0) is 7.84. The van der Waals surface area contributed by atoms with Gasteiger partial charge in [0, 0.05) is 5.69 Å². The lowest BCUT2D eigenvalue weighted by molar-refractivity contribution is 1.04. The standard InChI is InChI=1S/C8H9N3/c1-6-3-8-7(2)10-5-11(8)4-9-6/h3-5H,1-2H3. The first-order valence-electron chi connectivity index (χ1n) is 3.53. The Kier molecular flexibility index (Phi) is 1.18. The van der Waals surface area contributed by atoms with Crippen LogP contribution in [0.25, 0.3) is 5.52 Å². The zero-order valence-corrected chi connectivity index (χ0v) is 6.57. The molecule has 2 rings (SSSR count). The van der Waals surface area contributed by atoms with Crippen molar-refractivity contribution in [3.05, 3.63) is 30.1 Å². The van der Waals surface area contributed by atoms with Crippen molar-refractivity contribution in [1.82, 2.24) is 14.4 Å². The van der Waals surface area contributed by atoms with E-state index < -0.39 is 0 Å². The van der Waals surface area contributed by atoms with Crippen LogP contribution in [0.1, 0.15) is 11.4 Å². The Morgan fingerprint density at radius 1 is 1.18 bits per heavy atom. The van der Waals surface area contributed by atoms with Crippen LogP contribution in [0.5, 0.6) is 0 Å². The summed E-state index contributed by atoms with van der Waals surface area (Å²) in [6.07, 6.45) is 3.56. The molecule has 11 heavy (non-hydrogen) atoms. The van der Waals surface area contributed by atoms with Gasteiger partial charge in [-0.3, -0.25) is 4.40 Å². The molecule has 0 saturated heterocycles. The lowest BCUT2D eigenvalue weighted by Crippen LogP contribution is -1.87. The zero-order valence-electron chi connectivity index (χ0n) is 6.57. The molecule has 0 atom stereocenters. The number of hydrogen-bond acceptors (Lipinski definition) is 2. The second kappa shape index (κ2) is 2.05. The molecule has 0 bridgehead atoms. The fourth-order valence-corrected chi connectivity index (χ4v) is 1.12. The van der Waals surface area contributed by atoms with E-state index in [1.807, 2.05) is 24.3 Å². The smallest absolute Gasteiger partial charge is 0.101 e. The van der Waals surface area contributed by atoms with E-state index in [1.165, 1.54) is 0 Å². The van der Waals surface area contributed by atoms with Crippen molar-refractivity contribution < 1.29 is 0 Å². The minimum absolute atomic E-state index is 1.03. The molecule has 0 aliphatic rings. The summed E-state index contributed by atoms with van der Waals surface area (Å²) in [6, 6.07) is 2.03. The fourth-order valence-electron chi connectivity index (χ4n) is 1.12. The third-order valence-electron chi connectivity index (χ3n) is 1.76. The molecule has 3 nitrogen and oxygen atoms in total. The van der Waals surface area contributed by atoms with Crippen LogP contribution in [0.15, 0.2) is 18.7 Å². The molecule has 2 heterocycles. The third kappa shape index (κ3) is 0.888. The van der Waals surface area contributed by atoms with Crippen LogP contribution in [0.4, 0.5) is 0 Å². The summed E-state index contributed by atoms with van der Waals surface area (Å²) in [7, 11) is 0. The van der Waals surface area contributed by atoms with Crippen molar-refractivity contribution in [1.29, 1.82) is 0 Å². The van der Waals surface area contributed by atoms with Gasteiger partial charge in [-0.2, -0.15) is 0 Å². The van der Waals surface area contributed by atoms with Crippen molar-refractivity contribution in [2.45, 2.75) is 13.8 Å². The number of rotatable bonds is 0. The van der Waals surface area contributed by atoms with Crippen molar-refractivity contribution in [2.24, 2.45) is 0 Å². The highest BCUT2D eigenvalue weighted by Crippen LogP contribution is 2.07. The van der Waals surface area contributed by atoms with Crippen LogP contribution < -0.4 is 0 Å². The number of aryl methyl sites for hydroxylation is 2. The number of fused-ring (bicyclic) bond motifs is 1. The normalized spacial score (nSPS) is 10.7. The van der Waals surface area contributed by atoms with Crippen LogP contribution in [-0.2, 0) is 0 Å². The Hall–Kier alpha value is -1.38. The van der Waals surface area contributed by atoms with Gasteiger partial charge in [-0.05, 0) is 19.9 Å². The monoisotopic (exact) mass is 147 g/mol. The summed E-state index contributed by atoms with van der Waals surface area (Å²) in [5, 5.41) is 0. The van der Waals surface area contributed by atoms with Crippen molar-refractivity contribution in [2.75, 3.05) is 0 Å². The topological polar surface area (TPSA) is 30.2 Å². The first-order valence-corrected chi connectivity index (χ1v) is 3.53. The molecule has 0 radical (unpaired) electrons. The number of imidazole rings is 1. The Labute approximate surface area is 64.7 Å². The lowest BCUT2D eigenvalue weighted by Gasteiger charge is -1.94. The number of aromatic nitrogens is 3. The summed E-state index contributed by atoms with van der Waals surface area (Å²) < 4.78 is 1.92. The van der Waals surface area contributed by atoms with Gasteiger partial charge in [0.15, 0.2) is 0 Å². The quantitative estimate of drug-likeness (QED) is 0.563. The molecule has 2 aromatic heterocycles. The molecule has 0 aliphatic heterocycles. The van der Waals surface area contributed by atoms with Crippen molar-refractivity contribution in [3.8, 4) is 0 Å². The van der Waals surface area contributed by atoms with Crippen LogP contribution in [0.2, 0.25) is 0 Å². The maximum absolute atomic E-state index is 4.16. The second-order valence-corrected chi connectivity index (χ2v) is 2.65. The van der Waals surface area contributed by atoms with Gasteiger partial charge in [-0.1, -0.05) is 0 Å². The van der Waals surface area contributed by atoms with Crippen LogP contribution >= 0.6 is 0 Å². The highest BCUT2D eigenvalue weighted by atomic mass is 15.0. The highest BCUT2D eigenvalue weighted by molar-refractivity contribution is 5.51. The number of nitrogens with zero attached hydrogens (tertiary/aromatic N) is 3. The van der Waals surface area contributed by atoms with Gasteiger partial charge in [0.05, 0.1) is 11.2 Å². The van der Waals surface area contributed by atoms with E-state index >= 15 is 0 Å². The predicted molar refractivity (Wildman–Crippen MR) is 42.5 cm³/mol. The van der Waals surface area contributed by atoms with Crippen LogP contribution in [0.3, 0.4) is 0 Å². The maximum atomic E-state index is 4.16. The Bertz CT molecular complexity index is 389. The molecular formula is C8H9N3. The largest absolute Gasteiger partial charge is 0.289 e. The molecule has 0 spiro atoms. The maximum Gasteiger partial charge on any atom is 0.101 e. The third-order valence-corrected chi connectivity index (χ3v) is 1.76. The van der Waals surface area contributed by atoms with E-state index in [1.54, 1.807) is 12.7 Å². The average Bonchev–Trinajstić information content (AvgIpc) is 2.33. The van der Waals surface area contributed by atoms with E-state index in [-0.39, 0.29) is 0 Å². The summed E-state index contributed by atoms with van der Waals surface area (Å²) in [5.74, 6) is 0. The molecule has 0 aliphatic carbocycles. The predicted octanol–water partition coefficient (Wildman–Crippen LogP) is 1.35. The van der Waals surface area contributed by atoms with E-state index in [2.05, 4.69) is 9.97 Å². The minimum atomic E-state index is 1.03. The van der Waals surface area contributed by atoms with E-state index in [0.717, 1.165) is 16.9 Å². The molecule has 2 aromatic rings. The summed E-state index contributed by atoms with van der Waals surface area (Å²) >= 11 is 0. The lowest BCUT2D eigenvalue weighted by atomic mass is 10.3. The SMILES string of the molecule is Cc1cc2c(C)ncn2cn1. The van der Waals surface area contributed by atoms with Gasteiger partial charge in [0.2, 0.25) is 0 Å². The van der Waals surface area contributed by atoms with E-state index in [9.17, 15) is 0 Å². The fraction of sp³-hybridized carbons (Fsp3) is 0.250. The molecule has 0 amide bonds. The van der Waals surface area contributed by atoms with Gasteiger partial charge in [0.1, 0.15) is 12.7 Å². The first kappa shape index (κ1) is 6.34.